The highest BCUT2D eigenvalue weighted by atomic mass is 79.9. The van der Waals surface area contributed by atoms with Gasteiger partial charge in [-0.25, -0.2) is 0 Å². The van der Waals surface area contributed by atoms with Crippen LogP contribution < -0.4 is 4.74 Å². The van der Waals surface area contributed by atoms with Crippen LogP contribution in [0.1, 0.15) is 5.56 Å². The zero-order valence-electron chi connectivity index (χ0n) is 6.74. The smallest absolute Gasteiger partial charge is 0.387 e. The second-order valence-electron chi connectivity index (χ2n) is 2.39. The van der Waals surface area contributed by atoms with Gasteiger partial charge in [0, 0.05) is 10.0 Å². The van der Waals surface area contributed by atoms with Gasteiger partial charge in [-0.1, -0.05) is 15.9 Å². The summed E-state index contributed by atoms with van der Waals surface area (Å²) >= 11 is 11.9. The van der Waals surface area contributed by atoms with E-state index in [9.17, 15) is 8.78 Å². The van der Waals surface area contributed by atoms with Gasteiger partial charge >= 0.3 is 6.61 Å². The number of alkyl halides is 3. The van der Waals surface area contributed by atoms with Crippen molar-refractivity contribution in [3.63, 3.8) is 0 Å². The third-order valence-corrected chi connectivity index (χ3v) is 2.77. The highest BCUT2D eigenvalue weighted by molar-refractivity contribution is 9.11. The second-order valence-corrected chi connectivity index (χ2v) is 4.43. The monoisotopic (exact) mass is 348 g/mol. The molecule has 1 rings (SSSR count). The van der Waals surface area contributed by atoms with Crippen LogP contribution in [0.25, 0.3) is 0 Å². The molecular formula is C8H5Br2ClF2O. The predicted molar refractivity (Wildman–Crippen MR) is 58.0 cm³/mol. The Hall–Kier alpha value is 0.130. The molecule has 1 aromatic rings. The van der Waals surface area contributed by atoms with Crippen molar-refractivity contribution in [1.29, 1.82) is 0 Å². The number of halogens is 5. The topological polar surface area (TPSA) is 9.23 Å². The van der Waals surface area contributed by atoms with Crippen LogP contribution in [0.4, 0.5) is 8.78 Å². The Kier molecular flexibility index (Phi) is 4.60. The third-order valence-electron chi connectivity index (χ3n) is 1.44. The quantitative estimate of drug-likeness (QED) is 0.727. The van der Waals surface area contributed by atoms with Crippen molar-refractivity contribution < 1.29 is 13.5 Å². The Morgan fingerprint density at radius 1 is 1.36 bits per heavy atom. The molecule has 0 spiro atoms. The van der Waals surface area contributed by atoms with E-state index in [1.54, 1.807) is 12.1 Å². The number of benzene rings is 1. The zero-order valence-corrected chi connectivity index (χ0v) is 10.7. The maximum Gasteiger partial charge on any atom is 0.387 e. The molecule has 0 amide bonds. The van der Waals surface area contributed by atoms with Gasteiger partial charge in [0.05, 0.1) is 10.4 Å². The molecule has 0 fully saturated rings. The summed E-state index contributed by atoms with van der Waals surface area (Å²) in [6.45, 7) is -2.85. The number of rotatable bonds is 3. The van der Waals surface area contributed by atoms with Crippen molar-refractivity contribution in [2.45, 2.75) is 12.5 Å². The van der Waals surface area contributed by atoms with E-state index in [0.29, 0.717) is 10.0 Å². The van der Waals surface area contributed by atoms with Crippen molar-refractivity contribution >= 4 is 43.5 Å². The fourth-order valence-corrected chi connectivity index (χ4v) is 2.54. The molecule has 14 heavy (non-hydrogen) atoms. The van der Waals surface area contributed by atoms with E-state index >= 15 is 0 Å². The van der Waals surface area contributed by atoms with Crippen LogP contribution in [0, 0.1) is 0 Å². The van der Waals surface area contributed by atoms with Crippen LogP contribution in [0.5, 0.6) is 5.75 Å². The van der Waals surface area contributed by atoms with Crippen LogP contribution in [0.2, 0.25) is 0 Å². The summed E-state index contributed by atoms with van der Waals surface area (Å²) < 4.78 is 29.6. The van der Waals surface area contributed by atoms with Crippen molar-refractivity contribution in [2.75, 3.05) is 0 Å². The van der Waals surface area contributed by atoms with Gasteiger partial charge in [0.15, 0.2) is 0 Å². The van der Waals surface area contributed by atoms with Crippen LogP contribution in [-0.4, -0.2) is 6.61 Å². The summed E-state index contributed by atoms with van der Waals surface area (Å²) in [5.41, 5.74) is 0.508. The average Bonchev–Trinajstić information content (AvgIpc) is 2.08. The highest BCUT2D eigenvalue weighted by Gasteiger charge is 2.13. The van der Waals surface area contributed by atoms with Crippen molar-refractivity contribution in [1.82, 2.24) is 0 Å². The van der Waals surface area contributed by atoms with E-state index in [2.05, 4.69) is 36.6 Å². The fraction of sp³-hybridized carbons (Fsp3) is 0.250. The van der Waals surface area contributed by atoms with Gasteiger partial charge in [-0.2, -0.15) is 8.78 Å². The molecule has 1 aromatic carbocycles. The Balaban J connectivity index is 3.11. The first kappa shape index (κ1) is 12.2. The molecule has 0 aromatic heterocycles. The number of hydrogen-bond donors (Lipinski definition) is 0. The summed E-state index contributed by atoms with van der Waals surface area (Å²) in [5, 5.41) is 0. The Morgan fingerprint density at radius 2 is 2.00 bits per heavy atom. The molecule has 0 heterocycles. The Bertz CT molecular complexity index is 333. The molecule has 78 valence electrons. The van der Waals surface area contributed by atoms with Gasteiger partial charge in [0.2, 0.25) is 0 Å². The van der Waals surface area contributed by atoms with Crippen LogP contribution in [0.15, 0.2) is 21.1 Å². The number of ether oxygens (including phenoxy) is 1. The second kappa shape index (κ2) is 5.28. The molecule has 0 saturated carbocycles. The minimum Gasteiger partial charge on any atom is -0.433 e. The fourth-order valence-electron chi connectivity index (χ4n) is 0.934. The van der Waals surface area contributed by atoms with Gasteiger partial charge in [0.25, 0.3) is 0 Å². The summed E-state index contributed by atoms with van der Waals surface area (Å²) in [6, 6.07) is 3.25. The van der Waals surface area contributed by atoms with Crippen molar-refractivity contribution in [3.8, 4) is 5.75 Å². The van der Waals surface area contributed by atoms with E-state index in [0.717, 1.165) is 4.47 Å². The van der Waals surface area contributed by atoms with Gasteiger partial charge in [-0.15, -0.1) is 11.6 Å². The van der Waals surface area contributed by atoms with Gasteiger partial charge in [-0.3, -0.25) is 0 Å². The molecule has 0 saturated heterocycles. The largest absolute Gasteiger partial charge is 0.433 e. The summed E-state index contributed by atoms with van der Waals surface area (Å²) in [6.07, 6.45) is 0. The lowest BCUT2D eigenvalue weighted by Crippen LogP contribution is -2.04. The maximum atomic E-state index is 12.0. The lowest BCUT2D eigenvalue weighted by atomic mass is 10.2. The lowest BCUT2D eigenvalue weighted by Gasteiger charge is -2.11. The summed E-state index contributed by atoms with van der Waals surface area (Å²) in [7, 11) is 0. The standard InChI is InChI=1S/C8H5Br2ClF2O/c9-5-1-4(3-11)7(6(10)2-5)14-8(12)13/h1-2,8H,3H2. The van der Waals surface area contributed by atoms with Gasteiger partial charge < -0.3 is 4.74 Å². The first-order valence-corrected chi connectivity index (χ1v) is 5.65. The third kappa shape index (κ3) is 3.07. The van der Waals surface area contributed by atoms with Gasteiger partial charge in [-0.05, 0) is 28.1 Å². The average molecular weight is 350 g/mol. The van der Waals surface area contributed by atoms with E-state index in [-0.39, 0.29) is 11.6 Å². The van der Waals surface area contributed by atoms with Crippen molar-refractivity contribution in [3.05, 3.63) is 26.6 Å². The molecular weight excluding hydrogens is 345 g/mol. The van der Waals surface area contributed by atoms with Crippen LogP contribution in [-0.2, 0) is 5.88 Å². The van der Waals surface area contributed by atoms with E-state index in [1.807, 2.05) is 0 Å². The minimum absolute atomic E-state index is 0.0817. The first-order chi connectivity index (χ1) is 6.54. The zero-order chi connectivity index (χ0) is 10.7. The molecule has 0 radical (unpaired) electrons. The normalized spacial score (nSPS) is 10.7. The number of hydrogen-bond acceptors (Lipinski definition) is 1. The summed E-state index contributed by atoms with van der Waals surface area (Å²) in [5.74, 6) is 0.193. The van der Waals surface area contributed by atoms with E-state index in [1.165, 1.54) is 0 Å². The molecule has 6 heteroatoms. The Morgan fingerprint density at radius 3 is 2.50 bits per heavy atom. The van der Waals surface area contributed by atoms with E-state index in [4.69, 9.17) is 11.6 Å². The predicted octanol–water partition coefficient (Wildman–Crippen LogP) is 4.55. The molecule has 0 aliphatic carbocycles. The van der Waals surface area contributed by atoms with Crippen LogP contribution in [0.3, 0.4) is 0 Å². The summed E-state index contributed by atoms with van der Waals surface area (Å²) in [4.78, 5) is 0. The molecule has 0 aliphatic heterocycles. The molecule has 0 N–H and O–H groups in total. The van der Waals surface area contributed by atoms with Crippen LogP contribution >= 0.6 is 43.5 Å². The molecule has 0 unspecified atom stereocenters. The minimum atomic E-state index is -2.85. The first-order valence-electron chi connectivity index (χ1n) is 3.53. The molecule has 1 nitrogen and oxygen atoms in total. The van der Waals surface area contributed by atoms with Crippen molar-refractivity contribution in [2.24, 2.45) is 0 Å². The lowest BCUT2D eigenvalue weighted by molar-refractivity contribution is -0.0508. The molecule has 0 aliphatic rings. The molecule has 0 bridgehead atoms. The highest BCUT2D eigenvalue weighted by Crippen LogP contribution is 2.34. The van der Waals surface area contributed by atoms with Gasteiger partial charge in [0.1, 0.15) is 5.75 Å². The van der Waals surface area contributed by atoms with E-state index < -0.39 is 6.61 Å². The maximum absolute atomic E-state index is 12.0. The Labute approximate surface area is 102 Å². The molecule has 0 atom stereocenters. The SMILES string of the molecule is FC(F)Oc1c(Br)cc(Br)cc1CCl.